The van der Waals surface area contributed by atoms with Gasteiger partial charge in [0, 0.05) is 23.9 Å². The zero-order valence-electron chi connectivity index (χ0n) is 12.3. The molecule has 1 heterocycles. The lowest BCUT2D eigenvalue weighted by atomic mass is 10.1. The van der Waals surface area contributed by atoms with Crippen LogP contribution in [0.5, 0.6) is 5.75 Å². The molecule has 2 rings (SSSR count). The summed E-state index contributed by atoms with van der Waals surface area (Å²) in [6, 6.07) is 5.02. The number of nitrogens with zero attached hydrogens (tertiary/aromatic N) is 1. The number of hydrogen-bond acceptors (Lipinski definition) is 5. The summed E-state index contributed by atoms with van der Waals surface area (Å²) in [6.07, 6.45) is 2.92. The SMILES string of the molecule is CCNCc1cn[nH]c1-c1ccc(S(C)(=O)=O)c(OC)c1. The van der Waals surface area contributed by atoms with Crippen LogP contribution in [0.2, 0.25) is 0 Å². The van der Waals surface area contributed by atoms with Gasteiger partial charge in [-0.3, -0.25) is 5.10 Å². The standard InChI is InChI=1S/C14H19N3O3S/c1-4-15-8-11-9-16-17-14(11)10-5-6-13(21(3,18)19)12(7-10)20-2/h5-7,9,15H,4,8H2,1-3H3,(H,16,17). The van der Waals surface area contributed by atoms with Crippen molar-refractivity contribution in [1.29, 1.82) is 0 Å². The zero-order valence-corrected chi connectivity index (χ0v) is 13.1. The largest absolute Gasteiger partial charge is 0.495 e. The Hall–Kier alpha value is -1.86. The van der Waals surface area contributed by atoms with E-state index in [1.165, 1.54) is 7.11 Å². The predicted octanol–water partition coefficient (Wildman–Crippen LogP) is 1.60. The minimum Gasteiger partial charge on any atom is -0.495 e. The molecule has 0 aliphatic heterocycles. The van der Waals surface area contributed by atoms with Crippen molar-refractivity contribution in [2.75, 3.05) is 19.9 Å². The van der Waals surface area contributed by atoms with Crippen molar-refractivity contribution in [3.05, 3.63) is 30.0 Å². The maximum atomic E-state index is 11.7. The first kappa shape index (κ1) is 15.5. The summed E-state index contributed by atoms with van der Waals surface area (Å²) in [5.74, 6) is 0.332. The molecule has 0 saturated carbocycles. The number of H-pyrrole nitrogens is 1. The van der Waals surface area contributed by atoms with Crippen molar-refractivity contribution in [2.24, 2.45) is 0 Å². The third-order valence-corrected chi connectivity index (χ3v) is 4.27. The molecule has 0 saturated heterocycles. The molecule has 6 nitrogen and oxygen atoms in total. The molecule has 0 radical (unpaired) electrons. The number of nitrogens with one attached hydrogen (secondary N) is 2. The number of methoxy groups -OCH3 is 1. The second kappa shape index (κ2) is 6.28. The highest BCUT2D eigenvalue weighted by atomic mass is 32.2. The lowest BCUT2D eigenvalue weighted by Crippen LogP contribution is -2.11. The fourth-order valence-electron chi connectivity index (χ4n) is 2.08. The molecule has 0 unspecified atom stereocenters. The molecule has 1 aromatic heterocycles. The van der Waals surface area contributed by atoms with Crippen molar-refractivity contribution in [1.82, 2.24) is 15.5 Å². The van der Waals surface area contributed by atoms with Crippen LogP contribution in [0.4, 0.5) is 0 Å². The number of rotatable bonds is 6. The maximum Gasteiger partial charge on any atom is 0.179 e. The van der Waals surface area contributed by atoms with Crippen LogP contribution >= 0.6 is 0 Å². The highest BCUT2D eigenvalue weighted by molar-refractivity contribution is 7.90. The van der Waals surface area contributed by atoms with Crippen LogP contribution in [-0.2, 0) is 16.4 Å². The van der Waals surface area contributed by atoms with Gasteiger partial charge >= 0.3 is 0 Å². The van der Waals surface area contributed by atoms with Gasteiger partial charge in [0.15, 0.2) is 9.84 Å². The summed E-state index contributed by atoms with van der Waals surface area (Å²) in [5.41, 5.74) is 2.71. The van der Waals surface area contributed by atoms with Gasteiger partial charge in [-0.25, -0.2) is 8.42 Å². The van der Waals surface area contributed by atoms with Gasteiger partial charge in [-0.05, 0) is 18.7 Å². The Labute approximate surface area is 124 Å². The Kier molecular flexibility index (Phi) is 4.64. The fourth-order valence-corrected chi connectivity index (χ4v) is 2.91. The van der Waals surface area contributed by atoms with Crippen molar-refractivity contribution < 1.29 is 13.2 Å². The van der Waals surface area contributed by atoms with E-state index < -0.39 is 9.84 Å². The van der Waals surface area contributed by atoms with Crippen LogP contribution < -0.4 is 10.1 Å². The van der Waals surface area contributed by atoms with E-state index in [0.717, 1.165) is 29.6 Å². The van der Waals surface area contributed by atoms with Gasteiger partial charge in [-0.1, -0.05) is 13.0 Å². The van der Waals surface area contributed by atoms with Crippen LogP contribution in [0.25, 0.3) is 11.3 Å². The monoisotopic (exact) mass is 309 g/mol. The molecule has 2 N–H and O–H groups in total. The maximum absolute atomic E-state index is 11.7. The minimum absolute atomic E-state index is 0.182. The summed E-state index contributed by atoms with van der Waals surface area (Å²) in [6.45, 7) is 3.59. The van der Waals surface area contributed by atoms with Gasteiger partial charge in [0.1, 0.15) is 10.6 Å². The van der Waals surface area contributed by atoms with Crippen molar-refractivity contribution in [3.8, 4) is 17.0 Å². The molecule has 1 aromatic carbocycles. The zero-order chi connectivity index (χ0) is 15.5. The molecule has 0 aliphatic rings. The van der Waals surface area contributed by atoms with Crippen molar-refractivity contribution >= 4 is 9.84 Å². The van der Waals surface area contributed by atoms with Crippen LogP contribution in [0.3, 0.4) is 0 Å². The van der Waals surface area contributed by atoms with E-state index in [-0.39, 0.29) is 4.90 Å². The Morgan fingerprint density at radius 1 is 1.38 bits per heavy atom. The highest BCUT2D eigenvalue weighted by Gasteiger charge is 2.16. The smallest absolute Gasteiger partial charge is 0.179 e. The Morgan fingerprint density at radius 2 is 2.14 bits per heavy atom. The molecule has 0 amide bonds. The second-order valence-electron chi connectivity index (χ2n) is 4.69. The number of aromatic amines is 1. The molecule has 21 heavy (non-hydrogen) atoms. The van der Waals surface area contributed by atoms with Crippen LogP contribution in [-0.4, -0.2) is 38.5 Å². The minimum atomic E-state index is -3.32. The third kappa shape index (κ3) is 3.43. The van der Waals surface area contributed by atoms with Gasteiger partial charge in [0.05, 0.1) is 19.0 Å². The summed E-state index contributed by atoms with van der Waals surface area (Å²) in [7, 11) is -1.86. The molecular weight excluding hydrogens is 290 g/mol. The number of hydrogen-bond donors (Lipinski definition) is 2. The quantitative estimate of drug-likeness (QED) is 0.846. The predicted molar refractivity (Wildman–Crippen MR) is 81.1 cm³/mol. The average molecular weight is 309 g/mol. The highest BCUT2D eigenvalue weighted by Crippen LogP contribution is 2.30. The summed E-state index contributed by atoms with van der Waals surface area (Å²) in [4.78, 5) is 0.182. The summed E-state index contributed by atoms with van der Waals surface area (Å²) >= 11 is 0. The second-order valence-corrected chi connectivity index (χ2v) is 6.67. The van der Waals surface area contributed by atoms with E-state index in [1.54, 1.807) is 24.4 Å². The van der Waals surface area contributed by atoms with Crippen molar-refractivity contribution in [3.63, 3.8) is 0 Å². The van der Waals surface area contributed by atoms with Crippen LogP contribution in [0.15, 0.2) is 29.3 Å². The molecule has 0 fully saturated rings. The van der Waals surface area contributed by atoms with E-state index in [9.17, 15) is 8.42 Å². The molecule has 0 aliphatic carbocycles. The van der Waals surface area contributed by atoms with E-state index in [1.807, 2.05) is 6.92 Å². The van der Waals surface area contributed by atoms with E-state index >= 15 is 0 Å². The molecule has 2 aromatic rings. The van der Waals surface area contributed by atoms with Crippen molar-refractivity contribution in [2.45, 2.75) is 18.4 Å². The number of benzene rings is 1. The third-order valence-electron chi connectivity index (χ3n) is 3.14. The first-order valence-electron chi connectivity index (χ1n) is 6.58. The summed E-state index contributed by atoms with van der Waals surface area (Å²) in [5, 5.41) is 10.2. The first-order chi connectivity index (χ1) is 9.97. The first-order valence-corrected chi connectivity index (χ1v) is 8.48. The molecule has 114 valence electrons. The van der Waals surface area contributed by atoms with Crippen LogP contribution in [0, 0.1) is 0 Å². The van der Waals surface area contributed by atoms with E-state index in [4.69, 9.17) is 4.74 Å². The number of aromatic nitrogens is 2. The lowest BCUT2D eigenvalue weighted by Gasteiger charge is -2.10. The summed E-state index contributed by atoms with van der Waals surface area (Å²) < 4.78 is 28.6. The van der Waals surface area contributed by atoms with E-state index in [0.29, 0.717) is 12.3 Å². The molecule has 7 heteroatoms. The van der Waals surface area contributed by atoms with Gasteiger partial charge < -0.3 is 10.1 Å². The van der Waals surface area contributed by atoms with E-state index in [2.05, 4.69) is 15.5 Å². The normalized spacial score (nSPS) is 11.6. The van der Waals surface area contributed by atoms with Gasteiger partial charge in [-0.2, -0.15) is 5.10 Å². The topological polar surface area (TPSA) is 84.1 Å². The van der Waals surface area contributed by atoms with Gasteiger partial charge in [0.25, 0.3) is 0 Å². The Bertz CT molecular complexity index is 723. The average Bonchev–Trinajstić information content (AvgIpc) is 2.91. The van der Waals surface area contributed by atoms with Gasteiger partial charge in [-0.15, -0.1) is 0 Å². The molecular formula is C14H19N3O3S. The molecule has 0 spiro atoms. The number of ether oxygens (including phenoxy) is 1. The Balaban J connectivity index is 2.44. The van der Waals surface area contributed by atoms with Crippen LogP contribution in [0.1, 0.15) is 12.5 Å². The molecule has 0 atom stereocenters. The molecule has 0 bridgehead atoms. The lowest BCUT2D eigenvalue weighted by molar-refractivity contribution is 0.403. The number of sulfone groups is 1. The Morgan fingerprint density at radius 3 is 2.76 bits per heavy atom. The van der Waals surface area contributed by atoms with Gasteiger partial charge in [0.2, 0.25) is 0 Å². The fraction of sp³-hybridized carbons (Fsp3) is 0.357.